The van der Waals surface area contributed by atoms with Gasteiger partial charge in [0, 0.05) is 16.6 Å². The Kier molecular flexibility index (Phi) is 2.99. The van der Waals surface area contributed by atoms with Crippen molar-refractivity contribution in [3.05, 3.63) is 34.1 Å². The molecule has 2 rings (SSSR count). The Hall–Kier alpha value is -2.04. The first kappa shape index (κ1) is 11.4. The lowest BCUT2D eigenvalue weighted by Gasteiger charge is -2.09. The van der Waals surface area contributed by atoms with Gasteiger partial charge in [-0.3, -0.25) is 0 Å². The second-order valence-electron chi connectivity index (χ2n) is 3.82. The second-order valence-corrected chi connectivity index (χ2v) is 3.82. The number of hydrogen-bond donors (Lipinski definition) is 0. The lowest BCUT2D eigenvalue weighted by molar-refractivity contribution is 0.410. The van der Waals surface area contributed by atoms with Crippen LogP contribution in [0.25, 0.3) is 10.9 Å². The van der Waals surface area contributed by atoms with E-state index in [1.165, 1.54) is 0 Å². The molecule has 0 atom stereocenters. The van der Waals surface area contributed by atoms with Gasteiger partial charge in [0.25, 0.3) is 0 Å². The standard InChI is InChI=1S/C12H13N3O2/c1-7-10-5-12(17-3)9(6-13-16)4-11(10)15-8(2)14-7/h4-5H,6H2,1-3H3. The van der Waals surface area contributed by atoms with Crippen LogP contribution in [-0.2, 0) is 6.54 Å². The molecule has 5 heteroatoms. The van der Waals surface area contributed by atoms with Crippen LogP contribution in [0.2, 0.25) is 0 Å². The number of nitrogens with zero attached hydrogens (tertiary/aromatic N) is 3. The van der Waals surface area contributed by atoms with Gasteiger partial charge in [-0.2, -0.15) is 4.91 Å². The van der Waals surface area contributed by atoms with Crippen molar-refractivity contribution in [2.75, 3.05) is 7.11 Å². The summed E-state index contributed by atoms with van der Waals surface area (Å²) < 4.78 is 5.24. The van der Waals surface area contributed by atoms with Gasteiger partial charge in [0.15, 0.2) is 0 Å². The van der Waals surface area contributed by atoms with E-state index in [1.54, 1.807) is 7.11 Å². The van der Waals surface area contributed by atoms with E-state index in [9.17, 15) is 4.91 Å². The van der Waals surface area contributed by atoms with E-state index in [2.05, 4.69) is 15.1 Å². The minimum atomic E-state index is 0.0845. The average Bonchev–Trinajstić information content (AvgIpc) is 2.28. The molecule has 0 fully saturated rings. The normalized spacial score (nSPS) is 10.5. The molecule has 0 spiro atoms. The van der Waals surface area contributed by atoms with Crippen molar-refractivity contribution in [3.8, 4) is 5.75 Å². The minimum absolute atomic E-state index is 0.0845. The molecule has 1 aromatic heterocycles. The number of benzene rings is 1. The van der Waals surface area contributed by atoms with Gasteiger partial charge in [-0.15, -0.1) is 0 Å². The zero-order valence-electron chi connectivity index (χ0n) is 10.0. The predicted octanol–water partition coefficient (Wildman–Crippen LogP) is 2.52. The maximum Gasteiger partial charge on any atom is 0.126 e. The van der Waals surface area contributed by atoms with Crippen molar-refractivity contribution in [2.45, 2.75) is 20.4 Å². The molecule has 1 heterocycles. The van der Waals surface area contributed by atoms with Crippen LogP contribution in [0.4, 0.5) is 0 Å². The first-order valence-electron chi connectivity index (χ1n) is 5.26. The van der Waals surface area contributed by atoms with Crippen LogP contribution in [0, 0.1) is 18.8 Å². The van der Waals surface area contributed by atoms with E-state index in [-0.39, 0.29) is 6.54 Å². The molecule has 2 aromatic rings. The second kappa shape index (κ2) is 4.45. The summed E-state index contributed by atoms with van der Waals surface area (Å²) in [6.07, 6.45) is 0. The third-order valence-corrected chi connectivity index (χ3v) is 2.64. The maximum absolute atomic E-state index is 10.4. The zero-order chi connectivity index (χ0) is 12.4. The molecule has 0 N–H and O–H groups in total. The Labute approximate surface area is 98.8 Å². The van der Waals surface area contributed by atoms with Crippen LogP contribution < -0.4 is 4.74 Å². The van der Waals surface area contributed by atoms with Crippen LogP contribution in [0.15, 0.2) is 17.3 Å². The highest BCUT2D eigenvalue weighted by Crippen LogP contribution is 2.27. The smallest absolute Gasteiger partial charge is 0.126 e. The SMILES string of the molecule is COc1cc2c(C)nc(C)nc2cc1CN=O. The lowest BCUT2D eigenvalue weighted by atomic mass is 10.1. The van der Waals surface area contributed by atoms with Crippen molar-refractivity contribution in [3.63, 3.8) is 0 Å². The molecule has 0 aliphatic heterocycles. The number of nitroso groups, excluding NO2 is 1. The summed E-state index contributed by atoms with van der Waals surface area (Å²) in [6.45, 7) is 3.85. The number of aromatic nitrogens is 2. The lowest BCUT2D eigenvalue weighted by Crippen LogP contribution is -1.97. The third kappa shape index (κ3) is 2.08. The molecule has 0 saturated carbocycles. The molecule has 0 unspecified atom stereocenters. The summed E-state index contributed by atoms with van der Waals surface area (Å²) in [6, 6.07) is 3.68. The van der Waals surface area contributed by atoms with Gasteiger partial charge in [-0.25, -0.2) is 9.97 Å². The fourth-order valence-corrected chi connectivity index (χ4v) is 1.88. The Morgan fingerprint density at radius 3 is 2.71 bits per heavy atom. The van der Waals surface area contributed by atoms with Crippen molar-refractivity contribution < 1.29 is 4.74 Å². The van der Waals surface area contributed by atoms with E-state index >= 15 is 0 Å². The first-order chi connectivity index (χ1) is 8.15. The number of aryl methyl sites for hydroxylation is 2. The van der Waals surface area contributed by atoms with E-state index in [0.717, 1.165) is 22.2 Å². The number of fused-ring (bicyclic) bond motifs is 1. The van der Waals surface area contributed by atoms with Crippen molar-refractivity contribution in [2.24, 2.45) is 5.18 Å². The van der Waals surface area contributed by atoms with Gasteiger partial charge in [-0.1, -0.05) is 5.18 Å². The highest BCUT2D eigenvalue weighted by atomic mass is 16.5. The van der Waals surface area contributed by atoms with Crippen LogP contribution in [0.1, 0.15) is 17.1 Å². The molecular weight excluding hydrogens is 218 g/mol. The molecule has 0 amide bonds. The molecule has 0 aliphatic carbocycles. The molecule has 0 bridgehead atoms. The molecular formula is C12H13N3O2. The zero-order valence-corrected chi connectivity index (χ0v) is 10.0. The van der Waals surface area contributed by atoms with Gasteiger partial charge in [0.1, 0.15) is 18.1 Å². The van der Waals surface area contributed by atoms with Crippen molar-refractivity contribution >= 4 is 10.9 Å². The summed E-state index contributed by atoms with van der Waals surface area (Å²) in [5.41, 5.74) is 2.46. The fraction of sp³-hybridized carbons (Fsp3) is 0.333. The molecule has 1 aromatic carbocycles. The number of ether oxygens (including phenoxy) is 1. The van der Waals surface area contributed by atoms with E-state index in [4.69, 9.17) is 4.74 Å². The van der Waals surface area contributed by atoms with Crippen molar-refractivity contribution in [1.82, 2.24) is 9.97 Å². The van der Waals surface area contributed by atoms with E-state index in [1.807, 2.05) is 26.0 Å². The molecule has 5 nitrogen and oxygen atoms in total. The minimum Gasteiger partial charge on any atom is -0.496 e. The number of methoxy groups -OCH3 is 1. The molecule has 17 heavy (non-hydrogen) atoms. The number of rotatable bonds is 3. The van der Waals surface area contributed by atoms with Crippen LogP contribution in [-0.4, -0.2) is 17.1 Å². The third-order valence-electron chi connectivity index (χ3n) is 2.64. The van der Waals surface area contributed by atoms with Crippen LogP contribution >= 0.6 is 0 Å². The Balaban J connectivity index is 2.73. The predicted molar refractivity (Wildman–Crippen MR) is 65.1 cm³/mol. The maximum atomic E-state index is 10.4. The Morgan fingerprint density at radius 1 is 1.29 bits per heavy atom. The molecule has 0 saturated heterocycles. The Bertz CT molecular complexity index is 581. The fourth-order valence-electron chi connectivity index (χ4n) is 1.88. The molecule has 88 valence electrons. The molecule has 0 aliphatic rings. The highest BCUT2D eigenvalue weighted by Gasteiger charge is 2.09. The largest absolute Gasteiger partial charge is 0.496 e. The van der Waals surface area contributed by atoms with Crippen LogP contribution in [0.5, 0.6) is 5.75 Å². The summed E-state index contributed by atoms with van der Waals surface area (Å²) in [7, 11) is 1.57. The van der Waals surface area contributed by atoms with Gasteiger partial charge < -0.3 is 4.74 Å². The summed E-state index contributed by atoms with van der Waals surface area (Å²) >= 11 is 0. The van der Waals surface area contributed by atoms with Gasteiger partial charge in [0.2, 0.25) is 0 Å². The number of hydrogen-bond acceptors (Lipinski definition) is 5. The first-order valence-corrected chi connectivity index (χ1v) is 5.26. The highest BCUT2D eigenvalue weighted by molar-refractivity contribution is 5.83. The summed E-state index contributed by atoms with van der Waals surface area (Å²) in [5.74, 6) is 1.36. The quantitative estimate of drug-likeness (QED) is 0.761. The average molecular weight is 231 g/mol. The van der Waals surface area contributed by atoms with E-state index < -0.39 is 0 Å². The summed E-state index contributed by atoms with van der Waals surface area (Å²) in [5, 5.41) is 3.83. The van der Waals surface area contributed by atoms with Crippen LogP contribution in [0.3, 0.4) is 0 Å². The van der Waals surface area contributed by atoms with Gasteiger partial charge in [-0.05, 0) is 26.0 Å². The van der Waals surface area contributed by atoms with Crippen molar-refractivity contribution in [1.29, 1.82) is 0 Å². The monoisotopic (exact) mass is 231 g/mol. The van der Waals surface area contributed by atoms with Gasteiger partial charge >= 0.3 is 0 Å². The molecule has 0 radical (unpaired) electrons. The van der Waals surface area contributed by atoms with E-state index in [0.29, 0.717) is 11.6 Å². The van der Waals surface area contributed by atoms with Gasteiger partial charge in [0.05, 0.1) is 12.6 Å². The Morgan fingerprint density at radius 2 is 2.06 bits per heavy atom. The topological polar surface area (TPSA) is 64.4 Å². The summed E-state index contributed by atoms with van der Waals surface area (Å²) in [4.78, 5) is 19.0.